The van der Waals surface area contributed by atoms with E-state index in [4.69, 9.17) is 9.47 Å². The van der Waals surface area contributed by atoms with Gasteiger partial charge in [0.15, 0.2) is 0 Å². The Morgan fingerprint density at radius 1 is 1.00 bits per heavy atom. The third-order valence-corrected chi connectivity index (χ3v) is 6.82. The molecule has 3 aromatic rings. The van der Waals surface area contributed by atoms with Crippen LogP contribution in [0.4, 0.5) is 11.4 Å². The molecule has 0 bridgehead atoms. The Balaban J connectivity index is 1.46. The fourth-order valence-corrected chi connectivity index (χ4v) is 5.00. The first kappa shape index (κ1) is 24.7. The molecule has 0 saturated carbocycles. The Morgan fingerprint density at radius 2 is 1.71 bits per heavy atom. The molecule has 2 amide bonds. The van der Waals surface area contributed by atoms with Gasteiger partial charge in [-0.2, -0.15) is 0 Å². The van der Waals surface area contributed by atoms with Crippen LogP contribution in [-0.4, -0.2) is 30.8 Å². The lowest BCUT2D eigenvalue weighted by Gasteiger charge is -2.25. The molecular formula is C28H30N2O4S. The number of rotatable bonds is 10. The van der Waals surface area contributed by atoms with Crippen LogP contribution in [-0.2, 0) is 4.79 Å². The number of amides is 2. The van der Waals surface area contributed by atoms with Crippen molar-refractivity contribution in [3.05, 3.63) is 83.9 Å². The average molecular weight is 491 g/mol. The number of carbonyl (C=O) groups excluding carboxylic acids is 2. The smallest absolute Gasteiger partial charge is 0.255 e. The quantitative estimate of drug-likeness (QED) is 0.338. The fraction of sp³-hybridized carbons (Fsp3) is 0.286. The molecule has 4 rings (SSSR count). The van der Waals surface area contributed by atoms with Crippen LogP contribution in [0.25, 0.3) is 0 Å². The number of benzene rings is 3. The van der Waals surface area contributed by atoms with E-state index in [9.17, 15) is 9.59 Å². The van der Waals surface area contributed by atoms with Crippen molar-refractivity contribution in [3.63, 3.8) is 0 Å². The summed E-state index contributed by atoms with van der Waals surface area (Å²) in [5, 5.41) is 2.80. The first-order chi connectivity index (χ1) is 17.1. The molecule has 1 aliphatic heterocycles. The van der Waals surface area contributed by atoms with Crippen LogP contribution in [0.15, 0.2) is 72.8 Å². The Bertz CT molecular complexity index is 1150. The molecule has 1 atom stereocenters. The van der Waals surface area contributed by atoms with Crippen LogP contribution in [0.5, 0.6) is 11.5 Å². The zero-order valence-corrected chi connectivity index (χ0v) is 20.8. The van der Waals surface area contributed by atoms with Crippen molar-refractivity contribution in [3.8, 4) is 11.5 Å². The second kappa shape index (κ2) is 11.8. The normalized spacial score (nSPS) is 15.2. The van der Waals surface area contributed by atoms with Gasteiger partial charge in [-0.3, -0.25) is 14.5 Å². The Hall–Kier alpha value is -3.45. The maximum atomic E-state index is 12.8. The van der Waals surface area contributed by atoms with Crippen LogP contribution >= 0.6 is 11.8 Å². The second-order valence-corrected chi connectivity index (χ2v) is 9.23. The van der Waals surface area contributed by atoms with Crippen molar-refractivity contribution >= 4 is 35.0 Å². The number of nitrogens with one attached hydrogen (secondary N) is 1. The zero-order valence-electron chi connectivity index (χ0n) is 20.0. The first-order valence-corrected chi connectivity index (χ1v) is 12.9. The number of nitrogens with zero attached hydrogens (tertiary/aromatic N) is 1. The van der Waals surface area contributed by atoms with Gasteiger partial charge in [-0.05, 0) is 79.6 Å². The summed E-state index contributed by atoms with van der Waals surface area (Å²) >= 11 is 1.57. The number of anilines is 2. The van der Waals surface area contributed by atoms with Gasteiger partial charge in [-0.15, -0.1) is 11.8 Å². The summed E-state index contributed by atoms with van der Waals surface area (Å²) in [5.74, 6) is 1.80. The van der Waals surface area contributed by atoms with Gasteiger partial charge in [0.25, 0.3) is 5.91 Å². The molecule has 1 heterocycles. The van der Waals surface area contributed by atoms with E-state index >= 15 is 0 Å². The molecule has 0 radical (unpaired) electrons. The van der Waals surface area contributed by atoms with Gasteiger partial charge >= 0.3 is 0 Å². The molecule has 3 aromatic carbocycles. The minimum Gasteiger partial charge on any atom is -0.494 e. The predicted octanol–water partition coefficient (Wildman–Crippen LogP) is 6.30. The molecule has 0 aliphatic carbocycles. The SMILES string of the molecule is CCCCOc1ccc(C(=O)Nc2cccc([C@H]3SCC(=O)N3c3ccc(OCC)cc3)c2)cc1. The number of hydrogen-bond acceptors (Lipinski definition) is 5. The largest absolute Gasteiger partial charge is 0.494 e. The maximum absolute atomic E-state index is 12.8. The van der Waals surface area contributed by atoms with Crippen molar-refractivity contribution in [2.24, 2.45) is 0 Å². The number of ether oxygens (including phenoxy) is 2. The summed E-state index contributed by atoms with van der Waals surface area (Å²) in [6.07, 6.45) is 2.07. The molecule has 1 aliphatic rings. The van der Waals surface area contributed by atoms with Crippen LogP contribution in [0.2, 0.25) is 0 Å². The van der Waals surface area contributed by atoms with Gasteiger partial charge in [-0.1, -0.05) is 25.5 Å². The summed E-state index contributed by atoms with van der Waals surface area (Å²) in [5.41, 5.74) is 3.01. The highest BCUT2D eigenvalue weighted by atomic mass is 32.2. The maximum Gasteiger partial charge on any atom is 0.255 e. The van der Waals surface area contributed by atoms with Crippen molar-refractivity contribution in [1.29, 1.82) is 0 Å². The Kier molecular flexibility index (Phi) is 8.32. The van der Waals surface area contributed by atoms with E-state index in [1.165, 1.54) is 0 Å². The summed E-state index contributed by atoms with van der Waals surface area (Å²) in [6.45, 7) is 5.32. The van der Waals surface area contributed by atoms with Crippen molar-refractivity contribution in [2.45, 2.75) is 32.1 Å². The molecule has 1 fully saturated rings. The molecule has 0 aromatic heterocycles. The van der Waals surface area contributed by atoms with Gasteiger partial charge in [0, 0.05) is 16.9 Å². The van der Waals surface area contributed by atoms with Gasteiger partial charge in [0.2, 0.25) is 5.91 Å². The third kappa shape index (κ3) is 6.17. The van der Waals surface area contributed by atoms with E-state index in [2.05, 4.69) is 12.2 Å². The summed E-state index contributed by atoms with van der Waals surface area (Å²) < 4.78 is 11.2. The lowest BCUT2D eigenvalue weighted by Crippen LogP contribution is -2.27. The van der Waals surface area contributed by atoms with E-state index in [0.717, 1.165) is 35.6 Å². The fourth-order valence-electron chi connectivity index (χ4n) is 3.83. The topological polar surface area (TPSA) is 67.9 Å². The van der Waals surface area contributed by atoms with Gasteiger partial charge in [-0.25, -0.2) is 0 Å². The van der Waals surface area contributed by atoms with Crippen LogP contribution in [0.1, 0.15) is 48.0 Å². The highest BCUT2D eigenvalue weighted by Gasteiger charge is 2.34. The molecule has 6 nitrogen and oxygen atoms in total. The molecule has 35 heavy (non-hydrogen) atoms. The van der Waals surface area contributed by atoms with Crippen LogP contribution in [0, 0.1) is 0 Å². The van der Waals surface area contributed by atoms with Gasteiger partial charge in [0.05, 0.1) is 19.0 Å². The molecule has 0 unspecified atom stereocenters. The van der Waals surface area contributed by atoms with E-state index < -0.39 is 0 Å². The summed E-state index contributed by atoms with van der Waals surface area (Å²) in [7, 11) is 0. The van der Waals surface area contributed by atoms with E-state index in [0.29, 0.717) is 30.2 Å². The van der Waals surface area contributed by atoms with Crippen LogP contribution in [0.3, 0.4) is 0 Å². The van der Waals surface area contributed by atoms with E-state index in [1.807, 2.05) is 67.6 Å². The van der Waals surface area contributed by atoms with Crippen molar-refractivity contribution in [2.75, 3.05) is 29.2 Å². The lowest BCUT2D eigenvalue weighted by atomic mass is 10.1. The molecule has 0 spiro atoms. The monoisotopic (exact) mass is 490 g/mol. The van der Waals surface area contributed by atoms with Crippen molar-refractivity contribution < 1.29 is 19.1 Å². The molecule has 182 valence electrons. The van der Waals surface area contributed by atoms with Crippen molar-refractivity contribution in [1.82, 2.24) is 0 Å². The molecule has 1 N–H and O–H groups in total. The standard InChI is InChI=1S/C28H30N2O4S/c1-3-5-17-34-25-13-9-20(10-14-25)27(32)29-22-8-6-7-21(18-22)28-30(26(31)19-35-28)23-11-15-24(16-12-23)33-4-2/h6-16,18,28H,3-5,17,19H2,1-2H3,(H,29,32)/t28-/m1/s1. The van der Waals surface area contributed by atoms with Gasteiger partial charge in [0.1, 0.15) is 16.9 Å². The summed E-state index contributed by atoms with van der Waals surface area (Å²) in [6, 6.07) is 22.4. The Labute approximate surface area is 210 Å². The van der Waals surface area contributed by atoms with Crippen LogP contribution < -0.4 is 19.7 Å². The minimum atomic E-state index is -0.194. The minimum absolute atomic E-state index is 0.0554. The lowest BCUT2D eigenvalue weighted by molar-refractivity contribution is -0.115. The number of thioether (sulfide) groups is 1. The third-order valence-electron chi connectivity index (χ3n) is 5.61. The Morgan fingerprint density at radius 3 is 2.43 bits per heavy atom. The average Bonchev–Trinajstić information content (AvgIpc) is 3.27. The molecular weight excluding hydrogens is 460 g/mol. The summed E-state index contributed by atoms with van der Waals surface area (Å²) in [4.78, 5) is 27.3. The molecule has 1 saturated heterocycles. The molecule has 7 heteroatoms. The van der Waals surface area contributed by atoms with Gasteiger partial charge < -0.3 is 14.8 Å². The number of unbranched alkanes of at least 4 members (excludes halogenated alkanes) is 1. The van der Waals surface area contributed by atoms with E-state index in [1.54, 1.807) is 28.8 Å². The van der Waals surface area contributed by atoms with E-state index in [-0.39, 0.29) is 17.2 Å². The highest BCUT2D eigenvalue weighted by molar-refractivity contribution is 8.00. The number of carbonyl (C=O) groups is 2. The second-order valence-electron chi connectivity index (χ2n) is 8.16. The first-order valence-electron chi connectivity index (χ1n) is 11.9. The number of hydrogen-bond donors (Lipinski definition) is 1. The predicted molar refractivity (Wildman–Crippen MR) is 142 cm³/mol. The zero-order chi connectivity index (χ0) is 24.6. The highest BCUT2D eigenvalue weighted by Crippen LogP contribution is 2.42.